The fourth-order valence-corrected chi connectivity index (χ4v) is 13.2. The monoisotopic (exact) mass is 1430 g/mol. The van der Waals surface area contributed by atoms with Gasteiger partial charge in [-0.3, -0.25) is 19.4 Å². The number of amides is 1. The molecule has 24 nitrogen and oxygen atoms in total. The molecule has 8 N–H and O–H groups in total. The van der Waals surface area contributed by atoms with E-state index >= 15 is 0 Å². The predicted octanol–water partition coefficient (Wildman–Crippen LogP) is 15.3. The standard InChI is InChI=1S/C28H31N5O3.C26H25N5O2.C18H14N4O.C10H19NO3/c1-28(2,3)36-27(34)23-10-7-15-32(23)18-33-16-22(24-25(29)30-17-31-26(24)33)19-11-13-21(14-12-19)35-20-8-5-4-6-9-20;1-2-23(32)22-9-6-14-30(22)17-31-15-21(24-25(27)28-16-29-26(24)31)18-10-12-20(13-11-18)33-19-7-4-3-5-8-19;19-17-16-15(10-20-18(16)22-11-21-17)12-6-8-14(9-7-12)23-13-4-2-1-3-5-13;1-10(2,3)14-9(13)11-6-4-5-8(11)7-12/h4-6,8-9,11-14,16-17,23H,7,10,15,18H2,1-3H3,(H2,29,30,31);2-5,7-8,10-13,15-16,22H,1,6,9,14,17H2,(H2,27,28,29);1-11H,(H3,19,20,21,22);8,12H,4-7H2,1-3H3/t;;;8-/m...1/s1. The van der Waals surface area contributed by atoms with E-state index in [1.165, 1.54) is 25.1 Å². The summed E-state index contributed by atoms with van der Waals surface area (Å²) >= 11 is 0. The highest BCUT2D eigenvalue weighted by atomic mass is 16.6. The number of nitrogens with two attached hydrogens (primary N) is 3. The second kappa shape index (κ2) is 33.2. The second-order valence-electron chi connectivity index (χ2n) is 28.0. The van der Waals surface area contributed by atoms with Crippen LogP contribution >= 0.6 is 0 Å². The van der Waals surface area contributed by atoms with Gasteiger partial charge in [0.25, 0.3) is 0 Å². The van der Waals surface area contributed by atoms with Gasteiger partial charge in [0, 0.05) is 54.9 Å². The lowest BCUT2D eigenvalue weighted by Crippen LogP contribution is -2.41. The summed E-state index contributed by atoms with van der Waals surface area (Å²) in [6.45, 7) is 18.3. The molecule has 6 aromatic heterocycles. The number of likely N-dealkylation sites (tertiary alicyclic amines) is 3. The molecule has 3 saturated heterocycles. The summed E-state index contributed by atoms with van der Waals surface area (Å²) in [6.07, 6.45) is 16.8. The van der Waals surface area contributed by atoms with Gasteiger partial charge in [-0.2, -0.15) is 0 Å². The van der Waals surface area contributed by atoms with E-state index in [1.54, 1.807) is 4.90 Å². The third-order valence-corrected chi connectivity index (χ3v) is 18.1. The molecule has 9 heterocycles. The number of para-hydroxylation sites is 3. The van der Waals surface area contributed by atoms with E-state index in [-0.39, 0.29) is 42.6 Å². The predicted molar refractivity (Wildman–Crippen MR) is 412 cm³/mol. The van der Waals surface area contributed by atoms with Gasteiger partial charge in [-0.15, -0.1) is 0 Å². The number of rotatable bonds is 17. The van der Waals surface area contributed by atoms with Gasteiger partial charge in [0.2, 0.25) is 0 Å². The van der Waals surface area contributed by atoms with Gasteiger partial charge >= 0.3 is 12.1 Å². The van der Waals surface area contributed by atoms with E-state index < -0.39 is 11.2 Å². The number of carbonyl (C=O) groups excluding carboxylic acids is 3. The average molecular weight is 1430 g/mol. The highest BCUT2D eigenvalue weighted by Gasteiger charge is 2.36. The SMILES string of the molecule is C=CC(=O)C1CCCN1Cn1cc(-c2ccc(Oc3ccccc3)cc2)c2c(N)ncnc21.CC(C)(C)OC(=O)C1CCCN1Cn1cc(-c2ccc(Oc3ccccc3)cc2)c2c(N)ncnc21.CC(C)(C)OC(=O)N1CCC[C@@H]1CO.Nc1ncnc2[nH]cc(-c3ccc(Oc4ccccc4)cc3)c12. The highest BCUT2D eigenvalue weighted by Crippen LogP contribution is 2.39. The van der Waals surface area contributed by atoms with Crippen molar-refractivity contribution >= 4 is 68.4 Å². The van der Waals surface area contributed by atoms with Crippen LogP contribution in [0.1, 0.15) is 80.1 Å². The third-order valence-electron chi connectivity index (χ3n) is 18.1. The van der Waals surface area contributed by atoms with Crippen molar-refractivity contribution in [2.24, 2.45) is 0 Å². The molecule has 1 amide bonds. The number of aliphatic hydroxyl groups excluding tert-OH is 1. The highest BCUT2D eigenvalue weighted by molar-refractivity contribution is 6.02. The van der Waals surface area contributed by atoms with Gasteiger partial charge in [-0.1, -0.05) is 97.6 Å². The fourth-order valence-electron chi connectivity index (χ4n) is 13.2. The Morgan fingerprint density at radius 1 is 0.500 bits per heavy atom. The van der Waals surface area contributed by atoms with Gasteiger partial charge in [-0.05, 0) is 176 Å². The van der Waals surface area contributed by atoms with Crippen LogP contribution in [0.5, 0.6) is 34.5 Å². The Kier molecular flexibility index (Phi) is 23.1. The van der Waals surface area contributed by atoms with Crippen molar-refractivity contribution in [2.45, 2.75) is 123 Å². The largest absolute Gasteiger partial charge is 0.459 e. The third kappa shape index (κ3) is 18.1. The van der Waals surface area contributed by atoms with Gasteiger partial charge in [-0.25, -0.2) is 34.7 Å². The normalized spacial score (nSPS) is 15.9. The van der Waals surface area contributed by atoms with Crippen molar-refractivity contribution in [2.75, 3.05) is 43.4 Å². The molecule has 12 aromatic rings. The van der Waals surface area contributed by atoms with Crippen molar-refractivity contribution in [1.29, 1.82) is 0 Å². The molecule has 2 unspecified atom stereocenters. The summed E-state index contributed by atoms with van der Waals surface area (Å²) in [6, 6.07) is 52.2. The molecule has 0 aliphatic carbocycles. The smallest absolute Gasteiger partial charge is 0.410 e. The summed E-state index contributed by atoms with van der Waals surface area (Å²) in [5.74, 6) is 5.85. The molecule has 6 aromatic carbocycles. The molecule has 546 valence electrons. The number of nitrogen functional groups attached to an aromatic ring is 3. The van der Waals surface area contributed by atoms with Crippen LogP contribution in [0.25, 0.3) is 66.5 Å². The van der Waals surface area contributed by atoms with E-state index in [0.717, 1.165) is 153 Å². The molecule has 0 bridgehead atoms. The molecule has 3 aliphatic heterocycles. The summed E-state index contributed by atoms with van der Waals surface area (Å²) in [5, 5.41) is 11.5. The molecular formula is C82H89N15O9. The number of carbonyl (C=O) groups is 3. The molecule has 0 radical (unpaired) electrons. The van der Waals surface area contributed by atoms with Crippen molar-refractivity contribution in [3.05, 3.63) is 214 Å². The Hall–Kier alpha value is -12.0. The lowest BCUT2D eigenvalue weighted by Gasteiger charge is -2.27. The number of hydrogen-bond donors (Lipinski definition) is 5. The maximum Gasteiger partial charge on any atom is 0.410 e. The summed E-state index contributed by atoms with van der Waals surface area (Å²) in [7, 11) is 0. The van der Waals surface area contributed by atoms with Crippen LogP contribution < -0.4 is 31.4 Å². The first-order valence-corrected chi connectivity index (χ1v) is 35.4. The number of aliphatic hydroxyl groups is 1. The summed E-state index contributed by atoms with van der Waals surface area (Å²) < 4.78 is 32.7. The van der Waals surface area contributed by atoms with Crippen LogP contribution in [-0.4, -0.2) is 137 Å². The zero-order valence-corrected chi connectivity index (χ0v) is 60.4. The molecule has 3 aliphatic rings. The van der Waals surface area contributed by atoms with Crippen LogP contribution in [-0.2, 0) is 32.4 Å². The summed E-state index contributed by atoms with van der Waals surface area (Å²) in [4.78, 5) is 71.6. The Labute approximate surface area is 615 Å². The quantitative estimate of drug-likeness (QED) is 0.0418. The van der Waals surface area contributed by atoms with E-state index in [4.69, 9.17) is 46.0 Å². The number of ether oxygens (including phenoxy) is 5. The van der Waals surface area contributed by atoms with Crippen LogP contribution in [0.2, 0.25) is 0 Å². The summed E-state index contributed by atoms with van der Waals surface area (Å²) in [5.41, 5.74) is 25.6. The van der Waals surface area contributed by atoms with Crippen molar-refractivity contribution in [3.8, 4) is 67.9 Å². The second-order valence-corrected chi connectivity index (χ2v) is 28.0. The molecule has 106 heavy (non-hydrogen) atoms. The number of aromatic amines is 1. The van der Waals surface area contributed by atoms with Crippen LogP contribution in [0.15, 0.2) is 214 Å². The Morgan fingerprint density at radius 3 is 1.33 bits per heavy atom. The lowest BCUT2D eigenvalue weighted by atomic mass is 10.1. The first-order chi connectivity index (χ1) is 51.2. The average Bonchev–Trinajstić information content (AvgIpc) is 1.62. The van der Waals surface area contributed by atoms with Crippen LogP contribution in [0.4, 0.5) is 22.2 Å². The first-order valence-electron chi connectivity index (χ1n) is 35.4. The Balaban J connectivity index is 0.000000139. The number of anilines is 3. The van der Waals surface area contributed by atoms with Crippen LogP contribution in [0.3, 0.4) is 0 Å². The minimum absolute atomic E-state index is 0.0270. The van der Waals surface area contributed by atoms with E-state index in [0.29, 0.717) is 37.3 Å². The maximum absolute atomic E-state index is 12.8. The van der Waals surface area contributed by atoms with E-state index in [2.05, 4.69) is 51.3 Å². The molecule has 0 spiro atoms. The number of benzene rings is 6. The number of nitrogens with zero attached hydrogens (tertiary/aromatic N) is 11. The van der Waals surface area contributed by atoms with Crippen molar-refractivity contribution < 1.29 is 43.2 Å². The molecule has 0 saturated carbocycles. The Morgan fingerprint density at radius 2 is 0.896 bits per heavy atom. The first kappa shape index (κ1) is 73.8. The van der Waals surface area contributed by atoms with Gasteiger partial charge in [0.15, 0.2) is 5.78 Å². The number of fused-ring (bicyclic) bond motifs is 3. The minimum Gasteiger partial charge on any atom is -0.459 e. The fraction of sp³-hybridized carbons (Fsp3) is 0.280. The van der Waals surface area contributed by atoms with E-state index in [1.807, 2.05) is 233 Å². The number of ketones is 1. The number of H-pyrrole nitrogens is 1. The van der Waals surface area contributed by atoms with Gasteiger partial charge < -0.3 is 65.0 Å². The number of hydrogen-bond acceptors (Lipinski definition) is 20. The molecular weight excluding hydrogens is 1340 g/mol. The number of aromatic nitrogens is 9. The Bertz CT molecular complexity index is 4960. The zero-order valence-electron chi connectivity index (χ0n) is 60.4. The molecule has 3 fully saturated rings. The zero-order chi connectivity index (χ0) is 74.5. The van der Waals surface area contributed by atoms with E-state index in [9.17, 15) is 14.4 Å². The molecule has 15 rings (SSSR count). The minimum atomic E-state index is -0.517. The van der Waals surface area contributed by atoms with Crippen molar-refractivity contribution in [3.63, 3.8) is 0 Å². The van der Waals surface area contributed by atoms with Crippen LogP contribution in [0, 0.1) is 0 Å². The molecule has 24 heteroatoms. The van der Waals surface area contributed by atoms with Gasteiger partial charge in [0.1, 0.15) is 105 Å². The lowest BCUT2D eigenvalue weighted by molar-refractivity contribution is -0.160. The number of esters is 1. The number of nitrogens with one attached hydrogen (secondary N) is 1. The van der Waals surface area contributed by atoms with Gasteiger partial charge in [0.05, 0.1) is 48.2 Å². The molecule has 3 atom stereocenters. The topological polar surface area (TPSA) is 308 Å². The van der Waals surface area contributed by atoms with Crippen molar-refractivity contribution in [1.82, 2.24) is 58.7 Å². The maximum atomic E-state index is 12.8.